The maximum Gasteiger partial charge on any atom is 0.451 e. The number of anilines is 3. The number of ether oxygens (including phenoxy) is 2. The van der Waals surface area contributed by atoms with E-state index in [2.05, 4.69) is 30.1 Å². The quantitative estimate of drug-likeness (QED) is 0.459. The summed E-state index contributed by atoms with van der Waals surface area (Å²) in [5.74, 6) is -0.565. The molecular weight excluding hydrogens is 308 g/mol. The third-order valence-corrected chi connectivity index (χ3v) is 2.94. The van der Waals surface area contributed by atoms with Gasteiger partial charge in [-0.2, -0.15) is 0 Å². The molecule has 0 atom stereocenters. The summed E-state index contributed by atoms with van der Waals surface area (Å²) in [4.78, 5) is 32.4. The molecule has 2 rings (SSSR count). The largest absolute Gasteiger partial charge is 0.762 e. The average molecular weight is 324 g/mol. The Hall–Kier alpha value is -3.11. The molecule has 0 saturated heterocycles. The maximum absolute atomic E-state index is 12.1. The maximum atomic E-state index is 12.1. The van der Waals surface area contributed by atoms with Gasteiger partial charge in [-0.05, 0) is 6.42 Å². The van der Waals surface area contributed by atoms with Crippen molar-refractivity contribution in [2.75, 3.05) is 42.8 Å². The second-order valence-corrected chi connectivity index (χ2v) is 4.40. The predicted molar refractivity (Wildman–Crippen MR) is 79.0 cm³/mol. The Morgan fingerprint density at radius 1 is 1.17 bits per heavy atom. The minimum absolute atomic E-state index is 0.164. The zero-order chi connectivity index (χ0) is 16.8. The lowest BCUT2D eigenvalue weighted by Gasteiger charge is -2.22. The van der Waals surface area contributed by atoms with Gasteiger partial charge in [0.2, 0.25) is 0 Å². The Bertz CT molecular complexity index is 595. The van der Waals surface area contributed by atoms with Crippen molar-refractivity contribution in [3.05, 3.63) is 17.4 Å². The van der Waals surface area contributed by atoms with Gasteiger partial charge in [0, 0.05) is 13.1 Å². The summed E-state index contributed by atoms with van der Waals surface area (Å²) in [5.41, 5.74) is 0. The van der Waals surface area contributed by atoms with E-state index >= 15 is 0 Å². The fourth-order valence-corrected chi connectivity index (χ4v) is 1.81. The van der Waals surface area contributed by atoms with Crippen molar-refractivity contribution < 1.29 is 23.8 Å². The van der Waals surface area contributed by atoms with E-state index in [0.29, 0.717) is 13.1 Å². The first-order valence-electron chi connectivity index (χ1n) is 6.66. The minimum Gasteiger partial charge on any atom is -0.762 e. The average Bonchev–Trinajstić information content (AvgIpc) is 2.58. The van der Waals surface area contributed by atoms with Gasteiger partial charge in [0.15, 0.2) is 0 Å². The van der Waals surface area contributed by atoms with Crippen molar-refractivity contribution in [3.63, 3.8) is 0 Å². The fourth-order valence-electron chi connectivity index (χ4n) is 1.81. The summed E-state index contributed by atoms with van der Waals surface area (Å²) in [6, 6.07) is 0. The molecule has 0 radical (unpaired) electrons. The molecule has 11 heteroatoms. The van der Waals surface area contributed by atoms with E-state index in [0.717, 1.165) is 20.6 Å². The molecule has 2 heterocycles. The Kier molecular flexibility index (Phi) is 5.12. The van der Waals surface area contributed by atoms with E-state index in [1.54, 1.807) is 4.90 Å². The molecule has 1 aromatic rings. The number of aromatic nitrogens is 3. The molecule has 0 aliphatic carbocycles. The van der Waals surface area contributed by atoms with Gasteiger partial charge in [0.05, 0.1) is 14.2 Å². The lowest BCUT2D eigenvalue weighted by molar-refractivity contribution is -0.580. The number of hydrogen-bond donors (Lipinski definition) is 2. The fraction of sp³-hybridized carbons (Fsp3) is 0.417. The molecule has 0 fully saturated rings. The highest BCUT2D eigenvalue weighted by Gasteiger charge is 2.24. The van der Waals surface area contributed by atoms with Crippen LogP contribution in [-0.4, -0.2) is 49.5 Å². The zero-order valence-corrected chi connectivity index (χ0v) is 12.6. The smallest absolute Gasteiger partial charge is 0.451 e. The first-order chi connectivity index (χ1) is 11.0. The molecule has 2 N–H and O–H groups in total. The van der Waals surface area contributed by atoms with E-state index in [-0.39, 0.29) is 22.6 Å². The molecule has 0 saturated carbocycles. The monoisotopic (exact) mass is 324 g/mol. The standard InChI is InChI=1S/C12H16N6O5/c1-22-11(19)15-9-13-8(17-6-4-3-5-7-17)14-10(18(9)21)16-12(20)23-2/h3-4H,5-7H2,1-2H3,(H2,13,14,15,16,19,20). The van der Waals surface area contributed by atoms with Gasteiger partial charge in [-0.1, -0.05) is 22.1 Å². The number of amides is 2. The Morgan fingerprint density at radius 3 is 2.17 bits per heavy atom. The predicted octanol–water partition coefficient (Wildman–Crippen LogP) is 0.233. The molecule has 1 aromatic heterocycles. The van der Waals surface area contributed by atoms with Crippen molar-refractivity contribution in [1.82, 2.24) is 9.97 Å². The lowest BCUT2D eigenvalue weighted by Crippen LogP contribution is -2.41. The normalized spacial score (nSPS) is 13.4. The molecular formula is C12H16N6O5. The summed E-state index contributed by atoms with van der Waals surface area (Å²) in [6.07, 6.45) is 2.97. The zero-order valence-electron chi connectivity index (χ0n) is 12.6. The van der Waals surface area contributed by atoms with Gasteiger partial charge in [-0.25, -0.2) is 25.0 Å². The third kappa shape index (κ3) is 3.96. The van der Waals surface area contributed by atoms with Crippen molar-refractivity contribution in [2.45, 2.75) is 6.42 Å². The first-order valence-corrected chi connectivity index (χ1v) is 6.66. The molecule has 23 heavy (non-hydrogen) atoms. The van der Waals surface area contributed by atoms with Crippen LogP contribution in [0.25, 0.3) is 0 Å². The van der Waals surface area contributed by atoms with Crippen LogP contribution in [0.15, 0.2) is 12.2 Å². The minimum atomic E-state index is -0.873. The number of nitrogens with zero attached hydrogens (tertiary/aromatic N) is 4. The van der Waals surface area contributed by atoms with Crippen LogP contribution in [0.1, 0.15) is 6.42 Å². The molecule has 1 aliphatic heterocycles. The van der Waals surface area contributed by atoms with Crippen LogP contribution in [-0.2, 0) is 9.47 Å². The number of carbonyl (C=O) groups excluding carboxylic acids is 2. The van der Waals surface area contributed by atoms with E-state index in [9.17, 15) is 14.8 Å². The van der Waals surface area contributed by atoms with E-state index < -0.39 is 12.2 Å². The molecule has 124 valence electrons. The second-order valence-electron chi connectivity index (χ2n) is 4.40. The molecule has 0 spiro atoms. The SMILES string of the molecule is COC(=O)Nc1nc(N2CC=CCC2)nc(NC(=O)OC)[n+]1[O-]. The van der Waals surface area contributed by atoms with Crippen LogP contribution in [0.2, 0.25) is 0 Å². The summed E-state index contributed by atoms with van der Waals surface area (Å²) in [5, 5.41) is 16.5. The summed E-state index contributed by atoms with van der Waals surface area (Å²) in [7, 11) is 2.30. The third-order valence-electron chi connectivity index (χ3n) is 2.94. The molecule has 11 nitrogen and oxygen atoms in total. The number of rotatable bonds is 3. The number of nitrogens with one attached hydrogen (secondary N) is 2. The van der Waals surface area contributed by atoms with Gasteiger partial charge in [-0.15, -0.1) is 0 Å². The topological polar surface area (TPSA) is 133 Å². The molecule has 0 bridgehead atoms. The second kappa shape index (κ2) is 7.24. The van der Waals surface area contributed by atoms with Crippen LogP contribution in [0.3, 0.4) is 0 Å². The summed E-state index contributed by atoms with van der Waals surface area (Å²) in [6.45, 7) is 1.17. The van der Waals surface area contributed by atoms with E-state index in [1.807, 2.05) is 12.2 Å². The molecule has 0 unspecified atom stereocenters. The van der Waals surface area contributed by atoms with Crippen LogP contribution < -0.4 is 20.3 Å². The van der Waals surface area contributed by atoms with Crippen molar-refractivity contribution in [3.8, 4) is 0 Å². The van der Waals surface area contributed by atoms with Crippen LogP contribution in [0, 0.1) is 5.21 Å². The van der Waals surface area contributed by atoms with Crippen molar-refractivity contribution >= 4 is 30.0 Å². The highest BCUT2D eigenvalue weighted by atomic mass is 16.5. The molecule has 0 aromatic carbocycles. The summed E-state index contributed by atoms with van der Waals surface area (Å²) >= 11 is 0. The Balaban J connectivity index is 2.38. The highest BCUT2D eigenvalue weighted by Crippen LogP contribution is 2.15. The molecule has 1 aliphatic rings. The van der Waals surface area contributed by atoms with Gasteiger partial charge in [-0.3, -0.25) is 0 Å². The van der Waals surface area contributed by atoms with Crippen molar-refractivity contribution in [1.29, 1.82) is 0 Å². The van der Waals surface area contributed by atoms with Gasteiger partial charge in [0.25, 0.3) is 0 Å². The van der Waals surface area contributed by atoms with E-state index in [4.69, 9.17) is 0 Å². The van der Waals surface area contributed by atoms with Gasteiger partial charge < -0.3 is 19.6 Å². The van der Waals surface area contributed by atoms with Crippen molar-refractivity contribution in [2.24, 2.45) is 0 Å². The number of methoxy groups -OCH3 is 2. The highest BCUT2D eigenvalue weighted by molar-refractivity contribution is 5.83. The van der Waals surface area contributed by atoms with E-state index in [1.165, 1.54) is 0 Å². The summed E-state index contributed by atoms with van der Waals surface area (Å²) < 4.78 is 9.04. The lowest BCUT2D eigenvalue weighted by atomic mass is 10.3. The van der Waals surface area contributed by atoms with Crippen LogP contribution in [0.5, 0.6) is 0 Å². The van der Waals surface area contributed by atoms with Crippen LogP contribution in [0.4, 0.5) is 27.4 Å². The van der Waals surface area contributed by atoms with Gasteiger partial charge in [0.1, 0.15) is 0 Å². The number of carbonyl (C=O) groups is 2. The van der Waals surface area contributed by atoms with Crippen LogP contribution >= 0.6 is 0 Å². The van der Waals surface area contributed by atoms with Gasteiger partial charge >= 0.3 is 30.0 Å². The molecule has 2 amide bonds. The Labute approximate surface area is 131 Å². The Morgan fingerprint density at radius 2 is 1.74 bits per heavy atom. The first kappa shape index (κ1) is 16.3. The number of hydrogen-bond acceptors (Lipinski definition) is 8.